The normalized spacial score (nSPS) is 11.4. The Hall–Kier alpha value is -3.48. The van der Waals surface area contributed by atoms with Crippen LogP contribution >= 0.6 is 31.9 Å². The number of fused-ring (bicyclic) bond motifs is 1. The van der Waals surface area contributed by atoms with Gasteiger partial charge in [0.25, 0.3) is 5.69 Å². The number of rotatable bonds is 6. The molecule has 0 unspecified atom stereocenters. The molecular weight excluding hydrogens is 552 g/mol. The molecule has 33 heavy (non-hydrogen) atoms. The van der Waals surface area contributed by atoms with Crippen LogP contribution in [0.15, 0.2) is 63.5 Å². The van der Waals surface area contributed by atoms with Crippen LogP contribution in [0.5, 0.6) is 5.75 Å². The van der Waals surface area contributed by atoms with Gasteiger partial charge in [0, 0.05) is 12.1 Å². The number of non-ortho nitro benzene ring substituents is 1. The summed E-state index contributed by atoms with van der Waals surface area (Å²) in [6.45, 7) is 2.24. The van der Waals surface area contributed by atoms with E-state index in [-0.39, 0.29) is 12.3 Å². The zero-order chi connectivity index (χ0) is 23.5. The van der Waals surface area contributed by atoms with E-state index in [4.69, 9.17) is 4.74 Å². The summed E-state index contributed by atoms with van der Waals surface area (Å²) in [5.41, 5.74) is 4.81. The van der Waals surface area contributed by atoms with Crippen molar-refractivity contribution in [2.75, 3.05) is 0 Å². The third-order valence-electron chi connectivity index (χ3n) is 4.87. The number of halogens is 2. The van der Waals surface area contributed by atoms with Crippen LogP contribution in [0.25, 0.3) is 22.7 Å². The van der Waals surface area contributed by atoms with Crippen LogP contribution in [0.2, 0.25) is 0 Å². The van der Waals surface area contributed by atoms with E-state index in [1.165, 1.54) is 12.1 Å². The van der Waals surface area contributed by atoms with Gasteiger partial charge in [0.2, 0.25) is 0 Å². The SMILES string of the molecule is Cc1ccc2nc(/C(C#N)=C\c3cc(Br)c(OCc4ccc([N+](=O)[O-])cc4)c(Br)c3)[nH]c2c1. The Morgan fingerprint density at radius 2 is 1.88 bits per heavy atom. The number of aromatic nitrogens is 2. The van der Waals surface area contributed by atoms with Crippen LogP contribution in [-0.2, 0) is 6.61 Å². The van der Waals surface area contributed by atoms with Crippen molar-refractivity contribution in [2.24, 2.45) is 0 Å². The fraction of sp³-hybridized carbons (Fsp3) is 0.0833. The molecule has 3 aromatic carbocycles. The summed E-state index contributed by atoms with van der Waals surface area (Å²) in [4.78, 5) is 18.1. The number of H-pyrrole nitrogens is 1. The molecule has 0 bridgehead atoms. The van der Waals surface area contributed by atoms with Crippen LogP contribution in [0, 0.1) is 28.4 Å². The van der Waals surface area contributed by atoms with Crippen LogP contribution in [0.1, 0.15) is 22.5 Å². The van der Waals surface area contributed by atoms with Crippen molar-refractivity contribution in [3.63, 3.8) is 0 Å². The van der Waals surface area contributed by atoms with E-state index in [1.807, 2.05) is 37.3 Å². The zero-order valence-corrected chi connectivity index (χ0v) is 20.5. The van der Waals surface area contributed by atoms with Gasteiger partial charge in [-0.15, -0.1) is 0 Å². The third kappa shape index (κ3) is 5.13. The summed E-state index contributed by atoms with van der Waals surface area (Å²) < 4.78 is 7.30. The number of aromatic amines is 1. The highest BCUT2D eigenvalue weighted by Crippen LogP contribution is 2.36. The first-order chi connectivity index (χ1) is 15.8. The fourth-order valence-corrected chi connectivity index (χ4v) is 4.69. The first kappa shape index (κ1) is 22.7. The summed E-state index contributed by atoms with van der Waals surface area (Å²) in [5.74, 6) is 1.09. The number of benzene rings is 3. The first-order valence-corrected chi connectivity index (χ1v) is 11.4. The quantitative estimate of drug-likeness (QED) is 0.154. The van der Waals surface area contributed by atoms with Crippen LogP contribution in [-0.4, -0.2) is 14.9 Å². The topological polar surface area (TPSA) is 105 Å². The van der Waals surface area contributed by atoms with Gasteiger partial charge in [-0.3, -0.25) is 10.1 Å². The lowest BCUT2D eigenvalue weighted by Gasteiger charge is -2.11. The number of allylic oxidation sites excluding steroid dienone is 1. The molecule has 7 nitrogen and oxygen atoms in total. The van der Waals surface area contributed by atoms with E-state index in [0.717, 1.165) is 27.7 Å². The second-order valence-corrected chi connectivity index (χ2v) is 9.01. The average Bonchev–Trinajstić information content (AvgIpc) is 3.20. The summed E-state index contributed by atoms with van der Waals surface area (Å²) in [6.07, 6.45) is 1.75. The van der Waals surface area contributed by atoms with Gasteiger partial charge in [0.05, 0.1) is 30.5 Å². The van der Waals surface area contributed by atoms with Crippen molar-refractivity contribution in [3.05, 3.63) is 96.2 Å². The van der Waals surface area contributed by atoms with Gasteiger partial charge >= 0.3 is 0 Å². The van der Waals surface area contributed by atoms with Gasteiger partial charge in [-0.1, -0.05) is 6.07 Å². The third-order valence-corrected chi connectivity index (χ3v) is 6.05. The van der Waals surface area contributed by atoms with Gasteiger partial charge in [-0.05, 0) is 97.9 Å². The molecule has 0 fully saturated rings. The molecule has 1 aromatic heterocycles. The lowest BCUT2D eigenvalue weighted by molar-refractivity contribution is -0.384. The molecule has 1 heterocycles. The van der Waals surface area contributed by atoms with Crippen LogP contribution in [0.4, 0.5) is 5.69 Å². The molecule has 0 aliphatic heterocycles. The molecule has 164 valence electrons. The molecule has 0 spiro atoms. The van der Waals surface area contributed by atoms with E-state index in [0.29, 0.717) is 26.1 Å². The average molecular weight is 568 g/mol. The lowest BCUT2D eigenvalue weighted by atomic mass is 10.1. The van der Waals surface area contributed by atoms with Crippen molar-refractivity contribution in [1.29, 1.82) is 5.26 Å². The number of nitro benzene ring substituents is 1. The molecule has 4 rings (SSSR count). The standard InChI is InChI=1S/C24H16Br2N4O3/c1-14-2-7-21-22(8-14)29-24(28-21)17(12-27)9-16-10-19(25)23(20(26)11-16)33-13-15-3-5-18(6-4-15)30(31)32/h2-11H,13H2,1H3,(H,28,29)/b17-9-. The largest absolute Gasteiger partial charge is 0.487 e. The second kappa shape index (κ2) is 9.57. The van der Waals surface area contributed by atoms with Crippen molar-refractivity contribution >= 4 is 60.2 Å². The van der Waals surface area contributed by atoms with Gasteiger partial charge in [-0.2, -0.15) is 5.26 Å². The Morgan fingerprint density at radius 3 is 2.52 bits per heavy atom. The number of ether oxygens (including phenoxy) is 1. The van der Waals surface area contributed by atoms with E-state index in [9.17, 15) is 15.4 Å². The molecule has 4 aromatic rings. The monoisotopic (exact) mass is 566 g/mol. The maximum atomic E-state index is 10.8. The van der Waals surface area contributed by atoms with E-state index in [2.05, 4.69) is 47.9 Å². The number of nitrogens with one attached hydrogen (secondary N) is 1. The van der Waals surface area contributed by atoms with Crippen molar-refractivity contribution in [1.82, 2.24) is 9.97 Å². The minimum absolute atomic E-state index is 0.0325. The van der Waals surface area contributed by atoms with Crippen LogP contribution < -0.4 is 4.74 Å². The Morgan fingerprint density at radius 1 is 1.18 bits per heavy atom. The molecule has 0 saturated carbocycles. The van der Waals surface area contributed by atoms with Gasteiger partial charge < -0.3 is 9.72 Å². The number of hydrogen-bond donors (Lipinski definition) is 1. The van der Waals surface area contributed by atoms with E-state index in [1.54, 1.807) is 18.2 Å². The molecule has 0 saturated heterocycles. The summed E-state index contributed by atoms with van der Waals surface area (Å²) in [7, 11) is 0. The molecule has 0 atom stereocenters. The van der Waals surface area contributed by atoms with Gasteiger partial charge in [-0.25, -0.2) is 4.98 Å². The Labute approximate surface area is 206 Å². The molecule has 1 N–H and O–H groups in total. The molecule has 9 heteroatoms. The minimum atomic E-state index is -0.439. The zero-order valence-electron chi connectivity index (χ0n) is 17.3. The van der Waals surface area contributed by atoms with Crippen LogP contribution in [0.3, 0.4) is 0 Å². The Balaban J connectivity index is 1.56. The first-order valence-electron chi connectivity index (χ1n) is 9.78. The Bertz CT molecular complexity index is 1410. The number of aryl methyl sites for hydroxylation is 1. The highest BCUT2D eigenvalue weighted by Gasteiger charge is 2.12. The summed E-state index contributed by atoms with van der Waals surface area (Å²) in [5, 5.41) is 20.5. The van der Waals surface area contributed by atoms with E-state index < -0.39 is 4.92 Å². The predicted octanol–water partition coefficient (Wildman–Crippen LogP) is 6.95. The molecule has 0 aliphatic carbocycles. The number of imidazole rings is 1. The molecular formula is C24H16Br2N4O3. The maximum absolute atomic E-state index is 10.8. The van der Waals surface area contributed by atoms with Crippen molar-refractivity contribution < 1.29 is 9.66 Å². The fourth-order valence-electron chi connectivity index (χ4n) is 3.24. The van der Waals surface area contributed by atoms with Gasteiger partial charge in [0.15, 0.2) is 0 Å². The number of hydrogen-bond acceptors (Lipinski definition) is 5. The van der Waals surface area contributed by atoms with Gasteiger partial charge in [0.1, 0.15) is 24.3 Å². The number of nitriles is 1. The van der Waals surface area contributed by atoms with Crippen molar-refractivity contribution in [3.8, 4) is 11.8 Å². The van der Waals surface area contributed by atoms with Crippen molar-refractivity contribution in [2.45, 2.75) is 13.5 Å². The molecule has 0 amide bonds. The molecule has 0 aliphatic rings. The lowest BCUT2D eigenvalue weighted by Crippen LogP contribution is -1.98. The number of nitro groups is 1. The summed E-state index contributed by atoms with van der Waals surface area (Å²) >= 11 is 7.05. The number of nitrogens with zero attached hydrogens (tertiary/aromatic N) is 3. The predicted molar refractivity (Wildman–Crippen MR) is 134 cm³/mol. The van der Waals surface area contributed by atoms with E-state index >= 15 is 0 Å². The minimum Gasteiger partial charge on any atom is -0.487 e. The smallest absolute Gasteiger partial charge is 0.269 e. The highest BCUT2D eigenvalue weighted by molar-refractivity contribution is 9.11. The maximum Gasteiger partial charge on any atom is 0.269 e. The second-order valence-electron chi connectivity index (χ2n) is 7.30. The summed E-state index contributed by atoms with van der Waals surface area (Å²) in [6, 6.07) is 18.0. The Kier molecular flexibility index (Phi) is 6.58. The molecule has 0 radical (unpaired) electrons. The highest BCUT2D eigenvalue weighted by atomic mass is 79.9.